The van der Waals surface area contributed by atoms with Crippen molar-refractivity contribution < 1.29 is 9.53 Å². The third-order valence-corrected chi connectivity index (χ3v) is 5.14. The number of piperidine rings is 1. The van der Waals surface area contributed by atoms with Gasteiger partial charge in [0.15, 0.2) is 11.2 Å². The fourth-order valence-corrected chi connectivity index (χ4v) is 3.49. The van der Waals surface area contributed by atoms with Crippen LogP contribution in [0.3, 0.4) is 0 Å². The first-order valence-electron chi connectivity index (χ1n) is 9.78. The van der Waals surface area contributed by atoms with Gasteiger partial charge in [-0.1, -0.05) is 5.92 Å². The van der Waals surface area contributed by atoms with Crippen molar-refractivity contribution in [2.75, 3.05) is 30.4 Å². The summed E-state index contributed by atoms with van der Waals surface area (Å²) in [6, 6.07) is 0. The van der Waals surface area contributed by atoms with Crippen LogP contribution in [0.4, 0.5) is 11.9 Å². The van der Waals surface area contributed by atoms with Crippen LogP contribution in [-0.2, 0) is 23.1 Å². The summed E-state index contributed by atoms with van der Waals surface area (Å²) in [5.41, 5.74) is -0.537. The number of aromatic nitrogens is 4. The Balaban J connectivity index is 2.14. The number of hydrogen-bond donors (Lipinski definition) is 1. The predicted molar refractivity (Wildman–Crippen MR) is 112 cm³/mol. The summed E-state index contributed by atoms with van der Waals surface area (Å²) < 4.78 is 8.08. The minimum Gasteiger partial charge on any atom is -0.467 e. The van der Waals surface area contributed by atoms with E-state index >= 15 is 0 Å². The molecule has 3 heterocycles. The topological polar surface area (TPSA) is 94.3 Å². The second kappa shape index (κ2) is 8.15. The molecule has 0 saturated carbocycles. The fraction of sp³-hybridized carbons (Fsp3) is 0.600. The summed E-state index contributed by atoms with van der Waals surface area (Å²) in [5.74, 6) is 6.45. The van der Waals surface area contributed by atoms with Gasteiger partial charge in [-0.25, -0.2) is 4.79 Å². The standard InChI is InChI=1S/C20H28N6O3/c1-6-7-13-26-14-15(22-19(26)25-11-9-8-10-12-25)21-18(24(4)16(14)27)23-20(2,3)17(28)29-5/h8-13H2,1-5H3,(H,21,23). The van der Waals surface area contributed by atoms with E-state index in [2.05, 4.69) is 32.0 Å². The number of esters is 1. The van der Waals surface area contributed by atoms with E-state index in [9.17, 15) is 9.59 Å². The number of fused-ring (bicyclic) bond motifs is 1. The second-order valence-electron chi connectivity index (χ2n) is 7.69. The van der Waals surface area contributed by atoms with Crippen LogP contribution in [0, 0.1) is 11.8 Å². The molecular weight excluding hydrogens is 372 g/mol. The lowest BCUT2D eigenvalue weighted by molar-refractivity contribution is -0.144. The zero-order valence-corrected chi connectivity index (χ0v) is 17.7. The van der Waals surface area contributed by atoms with Gasteiger partial charge in [0.1, 0.15) is 5.54 Å². The first kappa shape index (κ1) is 20.7. The third-order valence-electron chi connectivity index (χ3n) is 5.14. The molecule has 0 aromatic carbocycles. The van der Waals surface area contributed by atoms with Crippen LogP contribution in [0.2, 0.25) is 0 Å². The number of nitrogens with zero attached hydrogens (tertiary/aromatic N) is 5. The molecule has 2 aromatic rings. The Bertz CT molecular complexity index is 1030. The quantitative estimate of drug-likeness (QED) is 0.600. The number of ether oxygens (including phenoxy) is 1. The van der Waals surface area contributed by atoms with Crippen LogP contribution in [0.5, 0.6) is 0 Å². The van der Waals surface area contributed by atoms with Crippen molar-refractivity contribution in [3.63, 3.8) is 0 Å². The minimum absolute atomic E-state index is 0.244. The van der Waals surface area contributed by atoms with E-state index in [0.29, 0.717) is 17.7 Å². The molecule has 1 fully saturated rings. The van der Waals surface area contributed by atoms with Crippen LogP contribution in [0.25, 0.3) is 11.2 Å². The first-order chi connectivity index (χ1) is 13.8. The van der Waals surface area contributed by atoms with Crippen molar-refractivity contribution >= 4 is 29.0 Å². The van der Waals surface area contributed by atoms with E-state index < -0.39 is 11.5 Å². The lowest BCUT2D eigenvalue weighted by Gasteiger charge is -2.27. The van der Waals surface area contributed by atoms with Crippen LogP contribution in [0.15, 0.2) is 4.79 Å². The Morgan fingerprint density at radius 1 is 1.24 bits per heavy atom. The lowest BCUT2D eigenvalue weighted by Crippen LogP contribution is -2.43. The molecule has 0 aliphatic carbocycles. The van der Waals surface area contributed by atoms with Crippen molar-refractivity contribution in [3.05, 3.63) is 10.4 Å². The maximum Gasteiger partial charge on any atom is 0.330 e. The van der Waals surface area contributed by atoms with Gasteiger partial charge in [0.25, 0.3) is 5.56 Å². The summed E-state index contributed by atoms with van der Waals surface area (Å²) in [5, 5.41) is 3.01. The molecule has 1 aliphatic rings. The van der Waals surface area contributed by atoms with Gasteiger partial charge < -0.3 is 15.0 Å². The van der Waals surface area contributed by atoms with Crippen LogP contribution < -0.4 is 15.8 Å². The van der Waals surface area contributed by atoms with Gasteiger partial charge >= 0.3 is 5.97 Å². The molecule has 0 radical (unpaired) electrons. The van der Waals surface area contributed by atoms with Gasteiger partial charge in [0.2, 0.25) is 11.9 Å². The maximum absolute atomic E-state index is 13.2. The van der Waals surface area contributed by atoms with Crippen molar-refractivity contribution in [3.8, 4) is 11.8 Å². The first-order valence-corrected chi connectivity index (χ1v) is 9.78. The van der Waals surface area contributed by atoms with E-state index in [0.717, 1.165) is 31.9 Å². The van der Waals surface area contributed by atoms with Gasteiger partial charge in [-0.2, -0.15) is 9.97 Å². The molecule has 0 unspecified atom stereocenters. The molecule has 0 amide bonds. The van der Waals surface area contributed by atoms with Gasteiger partial charge in [0.05, 0.1) is 13.7 Å². The molecule has 0 atom stereocenters. The summed E-state index contributed by atoms with van der Waals surface area (Å²) in [7, 11) is 2.94. The summed E-state index contributed by atoms with van der Waals surface area (Å²) >= 11 is 0. The van der Waals surface area contributed by atoms with Crippen molar-refractivity contribution in [1.29, 1.82) is 0 Å². The lowest BCUT2D eigenvalue weighted by atomic mass is 10.1. The second-order valence-corrected chi connectivity index (χ2v) is 7.69. The predicted octanol–water partition coefficient (Wildman–Crippen LogP) is 1.51. The molecule has 1 aliphatic heterocycles. The maximum atomic E-state index is 13.2. The van der Waals surface area contributed by atoms with Crippen LogP contribution in [-0.4, -0.2) is 50.8 Å². The number of carbonyl (C=O) groups excluding carboxylic acids is 1. The van der Waals surface area contributed by atoms with Crippen molar-refractivity contribution in [2.45, 2.75) is 52.1 Å². The molecule has 1 N–H and O–H groups in total. The van der Waals surface area contributed by atoms with Gasteiger partial charge in [0, 0.05) is 20.1 Å². The molecule has 156 valence electrons. The van der Waals surface area contributed by atoms with Gasteiger partial charge in [-0.05, 0) is 40.0 Å². The number of methoxy groups -OCH3 is 1. The molecule has 9 heteroatoms. The highest BCUT2D eigenvalue weighted by molar-refractivity contribution is 5.83. The highest BCUT2D eigenvalue weighted by Gasteiger charge is 2.31. The highest BCUT2D eigenvalue weighted by Crippen LogP contribution is 2.24. The normalized spacial score (nSPS) is 14.4. The zero-order chi connectivity index (χ0) is 21.2. The highest BCUT2D eigenvalue weighted by atomic mass is 16.5. The molecule has 9 nitrogen and oxygen atoms in total. The number of imidazole rings is 1. The molecule has 0 bridgehead atoms. The van der Waals surface area contributed by atoms with Crippen LogP contribution in [0.1, 0.15) is 40.0 Å². The Morgan fingerprint density at radius 2 is 1.93 bits per heavy atom. The molecule has 29 heavy (non-hydrogen) atoms. The molecule has 1 saturated heterocycles. The summed E-state index contributed by atoms with van der Waals surface area (Å²) in [4.78, 5) is 36.7. The van der Waals surface area contributed by atoms with E-state index in [-0.39, 0.29) is 11.5 Å². The average Bonchev–Trinajstić information content (AvgIpc) is 3.08. The number of anilines is 2. The molecule has 0 spiro atoms. The van der Waals surface area contributed by atoms with E-state index in [1.54, 1.807) is 27.8 Å². The number of rotatable bonds is 5. The fourth-order valence-electron chi connectivity index (χ4n) is 3.49. The van der Waals surface area contributed by atoms with Gasteiger partial charge in [-0.15, -0.1) is 5.92 Å². The Hall–Kier alpha value is -3.02. The Morgan fingerprint density at radius 3 is 2.55 bits per heavy atom. The summed E-state index contributed by atoms with van der Waals surface area (Å²) in [6.45, 7) is 7.27. The molecular formula is C20H28N6O3. The largest absolute Gasteiger partial charge is 0.467 e. The number of hydrogen-bond acceptors (Lipinski definition) is 7. The number of carbonyl (C=O) groups is 1. The van der Waals surface area contributed by atoms with Crippen LogP contribution >= 0.6 is 0 Å². The Labute approximate surface area is 170 Å². The Kier molecular flexibility index (Phi) is 5.82. The van der Waals surface area contributed by atoms with E-state index in [1.165, 1.54) is 18.1 Å². The van der Waals surface area contributed by atoms with Gasteiger partial charge in [-0.3, -0.25) is 13.9 Å². The average molecular weight is 400 g/mol. The molecule has 2 aromatic heterocycles. The molecule has 3 rings (SSSR count). The van der Waals surface area contributed by atoms with Crippen molar-refractivity contribution in [2.24, 2.45) is 7.05 Å². The van der Waals surface area contributed by atoms with E-state index in [1.807, 2.05) is 4.57 Å². The monoisotopic (exact) mass is 400 g/mol. The third kappa shape index (κ3) is 3.92. The van der Waals surface area contributed by atoms with E-state index in [4.69, 9.17) is 4.74 Å². The van der Waals surface area contributed by atoms with Crippen molar-refractivity contribution in [1.82, 2.24) is 19.1 Å². The SMILES string of the molecule is CC#CCn1c(N2CCCCC2)nc2nc(NC(C)(C)C(=O)OC)n(C)c(=O)c21. The minimum atomic E-state index is -1.05. The smallest absolute Gasteiger partial charge is 0.330 e. The number of nitrogens with one attached hydrogen (secondary N) is 1. The zero-order valence-electron chi connectivity index (χ0n) is 17.7. The summed E-state index contributed by atoms with van der Waals surface area (Å²) in [6.07, 6.45) is 3.38.